The van der Waals surface area contributed by atoms with Crippen LogP contribution in [-0.2, 0) is 0 Å². The molecule has 0 spiro atoms. The van der Waals surface area contributed by atoms with Crippen molar-refractivity contribution in [1.29, 1.82) is 0 Å². The lowest BCUT2D eigenvalue weighted by Gasteiger charge is -2.37. The summed E-state index contributed by atoms with van der Waals surface area (Å²) < 4.78 is 0. The van der Waals surface area contributed by atoms with E-state index in [4.69, 9.17) is 0 Å². The van der Waals surface area contributed by atoms with Gasteiger partial charge in [0.25, 0.3) is 0 Å². The first-order chi connectivity index (χ1) is 7.42. The third-order valence-corrected chi connectivity index (χ3v) is 5.92. The molecule has 0 atom stereocenters. The maximum Gasteiger partial charge on any atom is 0.00317 e. The molecule has 0 unspecified atom stereocenters. The first kappa shape index (κ1) is 11.7. The molecule has 2 rings (SSSR count). The Labute approximate surface area is 98.6 Å². The van der Waals surface area contributed by atoms with Crippen LogP contribution >= 0.6 is 0 Å². The van der Waals surface area contributed by atoms with Crippen LogP contribution in [0.25, 0.3) is 0 Å². The summed E-state index contributed by atoms with van der Waals surface area (Å²) in [6.07, 6.45) is 15.5. The highest BCUT2D eigenvalue weighted by Gasteiger charge is 2.29. The first-order valence-electron chi connectivity index (χ1n) is 7.42. The van der Waals surface area contributed by atoms with Crippen LogP contribution in [0.1, 0.15) is 64.2 Å². The maximum absolute atomic E-state index is 1.59. The summed E-state index contributed by atoms with van der Waals surface area (Å²) in [5.74, 6) is 3.43. The molecule has 0 radical (unpaired) electrons. The molecular formula is C14H28Si. The van der Waals surface area contributed by atoms with Gasteiger partial charge >= 0.3 is 0 Å². The Morgan fingerprint density at radius 3 is 1.47 bits per heavy atom. The monoisotopic (exact) mass is 224 g/mol. The molecular weight excluding hydrogens is 196 g/mol. The highest BCUT2D eigenvalue weighted by Crippen LogP contribution is 2.41. The molecule has 2 aliphatic rings. The van der Waals surface area contributed by atoms with Crippen molar-refractivity contribution in [2.75, 3.05) is 0 Å². The van der Waals surface area contributed by atoms with E-state index < -0.39 is 0 Å². The van der Waals surface area contributed by atoms with E-state index in [9.17, 15) is 0 Å². The second kappa shape index (κ2) is 6.08. The van der Waals surface area contributed by atoms with Gasteiger partial charge in [-0.25, -0.2) is 0 Å². The second-order valence-corrected chi connectivity index (χ2v) is 6.68. The Morgan fingerprint density at radius 2 is 1.13 bits per heavy atom. The summed E-state index contributed by atoms with van der Waals surface area (Å²) in [6, 6.07) is 1.59. The minimum absolute atomic E-state index is 1.14. The summed E-state index contributed by atoms with van der Waals surface area (Å²) in [6.45, 7) is 0. The molecule has 0 aromatic rings. The molecule has 0 nitrogen and oxygen atoms in total. The largest absolute Gasteiger partial charge is 0.0625 e. The van der Waals surface area contributed by atoms with Gasteiger partial charge in [0.2, 0.25) is 0 Å². The smallest absolute Gasteiger partial charge is 0.00317 e. The fraction of sp³-hybridized carbons (Fsp3) is 1.00. The van der Waals surface area contributed by atoms with Gasteiger partial charge in [-0.2, -0.15) is 0 Å². The Bertz CT molecular complexity index is 148. The predicted octanol–water partition coefficient (Wildman–Crippen LogP) is 3.55. The van der Waals surface area contributed by atoms with Crippen LogP contribution in [-0.4, -0.2) is 10.2 Å². The summed E-state index contributed by atoms with van der Waals surface area (Å²) in [4.78, 5) is 0. The Hall–Kier alpha value is 0.217. The van der Waals surface area contributed by atoms with E-state index in [-0.39, 0.29) is 0 Å². The average molecular weight is 224 g/mol. The molecule has 1 heteroatoms. The van der Waals surface area contributed by atoms with Gasteiger partial charge in [-0.3, -0.25) is 0 Å². The van der Waals surface area contributed by atoms with Crippen LogP contribution in [0.2, 0.25) is 6.04 Å². The van der Waals surface area contributed by atoms with Crippen molar-refractivity contribution in [1.82, 2.24) is 0 Å². The van der Waals surface area contributed by atoms with Gasteiger partial charge in [0.05, 0.1) is 0 Å². The van der Waals surface area contributed by atoms with Gasteiger partial charge < -0.3 is 0 Å². The Balaban J connectivity index is 1.88. The van der Waals surface area contributed by atoms with Crippen LogP contribution in [0, 0.1) is 17.8 Å². The fourth-order valence-corrected chi connectivity index (χ4v) is 5.51. The van der Waals surface area contributed by atoms with Crippen LogP contribution in [0.15, 0.2) is 0 Å². The Morgan fingerprint density at radius 1 is 0.733 bits per heavy atom. The maximum atomic E-state index is 1.59. The lowest BCUT2D eigenvalue weighted by atomic mass is 9.70. The number of rotatable bonds is 3. The molecule has 0 aliphatic heterocycles. The summed E-state index contributed by atoms with van der Waals surface area (Å²) >= 11 is 0. The minimum atomic E-state index is 1.14. The van der Waals surface area contributed by atoms with E-state index in [2.05, 4.69) is 0 Å². The lowest BCUT2D eigenvalue weighted by molar-refractivity contribution is 0.159. The van der Waals surface area contributed by atoms with E-state index in [1.165, 1.54) is 48.8 Å². The molecule has 15 heavy (non-hydrogen) atoms. The van der Waals surface area contributed by atoms with Crippen molar-refractivity contribution in [2.45, 2.75) is 70.3 Å². The molecule has 0 saturated heterocycles. The zero-order chi connectivity index (χ0) is 10.5. The fourth-order valence-electron chi connectivity index (χ4n) is 4.18. The van der Waals surface area contributed by atoms with Gasteiger partial charge in [0.1, 0.15) is 0 Å². The van der Waals surface area contributed by atoms with Crippen LogP contribution in [0.5, 0.6) is 0 Å². The molecule has 2 aliphatic carbocycles. The topological polar surface area (TPSA) is 0 Å². The van der Waals surface area contributed by atoms with Gasteiger partial charge in [0.15, 0.2) is 0 Å². The third kappa shape index (κ3) is 3.09. The van der Waals surface area contributed by atoms with Gasteiger partial charge in [-0.1, -0.05) is 70.3 Å². The molecule has 0 bridgehead atoms. The predicted molar refractivity (Wildman–Crippen MR) is 71.4 cm³/mol. The van der Waals surface area contributed by atoms with Crippen LogP contribution < -0.4 is 0 Å². The summed E-state index contributed by atoms with van der Waals surface area (Å²) in [7, 11) is 1.44. The average Bonchev–Trinajstić information content (AvgIpc) is 2.33. The Kier molecular flexibility index (Phi) is 4.74. The molecule has 88 valence electrons. The van der Waals surface area contributed by atoms with Crippen molar-refractivity contribution in [2.24, 2.45) is 17.8 Å². The minimum Gasteiger partial charge on any atom is -0.0625 e. The van der Waals surface area contributed by atoms with Gasteiger partial charge in [0, 0.05) is 10.2 Å². The van der Waals surface area contributed by atoms with Crippen molar-refractivity contribution in [3.8, 4) is 0 Å². The van der Waals surface area contributed by atoms with E-state index in [1.807, 2.05) is 0 Å². The molecule has 2 fully saturated rings. The zero-order valence-corrected chi connectivity index (χ0v) is 12.5. The molecule has 0 N–H and O–H groups in total. The molecule has 0 heterocycles. The molecule has 0 aromatic heterocycles. The van der Waals surface area contributed by atoms with Gasteiger partial charge in [-0.15, -0.1) is 0 Å². The van der Waals surface area contributed by atoms with Crippen molar-refractivity contribution < 1.29 is 0 Å². The lowest BCUT2D eigenvalue weighted by Crippen LogP contribution is -2.26. The summed E-state index contributed by atoms with van der Waals surface area (Å²) in [5.41, 5.74) is 0. The van der Waals surface area contributed by atoms with Crippen LogP contribution in [0.4, 0.5) is 0 Å². The van der Waals surface area contributed by atoms with Crippen molar-refractivity contribution >= 4 is 10.2 Å². The van der Waals surface area contributed by atoms with E-state index in [0.29, 0.717) is 0 Å². The quantitative estimate of drug-likeness (QED) is 0.643. The highest BCUT2D eigenvalue weighted by atomic mass is 28.1. The standard InChI is InChI=1S/C14H28Si/c15-11-14(12-7-3-1-4-8-12)13-9-5-2-6-10-13/h12-14H,1-11H2,15H3. The van der Waals surface area contributed by atoms with E-state index in [1.54, 1.807) is 31.7 Å². The van der Waals surface area contributed by atoms with Crippen molar-refractivity contribution in [3.63, 3.8) is 0 Å². The molecule has 0 aromatic carbocycles. The third-order valence-electron chi connectivity index (χ3n) is 4.98. The molecule has 0 amide bonds. The van der Waals surface area contributed by atoms with E-state index in [0.717, 1.165) is 17.8 Å². The number of hydrogen-bond acceptors (Lipinski definition) is 0. The first-order valence-corrected chi connectivity index (χ1v) is 8.83. The SMILES string of the molecule is [SiH3]CC(C1CCCCC1)C1CCCCC1. The normalized spacial score (nSPS) is 26.2. The zero-order valence-electron chi connectivity index (χ0n) is 10.5. The van der Waals surface area contributed by atoms with E-state index >= 15 is 0 Å². The van der Waals surface area contributed by atoms with Gasteiger partial charge in [-0.05, 0) is 17.8 Å². The summed E-state index contributed by atoms with van der Waals surface area (Å²) in [5, 5.41) is 0. The van der Waals surface area contributed by atoms with Crippen molar-refractivity contribution in [3.05, 3.63) is 0 Å². The highest BCUT2D eigenvalue weighted by molar-refractivity contribution is 6.08. The molecule has 2 saturated carbocycles. The second-order valence-electron chi connectivity index (χ2n) is 5.87. The number of hydrogen-bond donors (Lipinski definition) is 0. The van der Waals surface area contributed by atoms with Crippen LogP contribution in [0.3, 0.4) is 0 Å².